The summed E-state index contributed by atoms with van der Waals surface area (Å²) in [6.07, 6.45) is 2.54. The van der Waals surface area contributed by atoms with E-state index in [0.29, 0.717) is 30.3 Å². The molecule has 0 unspecified atom stereocenters. The van der Waals surface area contributed by atoms with Crippen molar-refractivity contribution in [2.75, 3.05) is 18.5 Å². The van der Waals surface area contributed by atoms with Crippen molar-refractivity contribution in [1.29, 1.82) is 0 Å². The number of amides is 1. The third-order valence-corrected chi connectivity index (χ3v) is 3.48. The number of rotatable bonds is 5. The molecule has 23 heavy (non-hydrogen) atoms. The fraction of sp³-hybridized carbons (Fsp3) is 0.250. The van der Waals surface area contributed by atoms with Gasteiger partial charge in [-0.1, -0.05) is 18.7 Å². The van der Waals surface area contributed by atoms with Crippen molar-refractivity contribution in [1.82, 2.24) is 15.5 Å². The first kappa shape index (κ1) is 17.1. The van der Waals surface area contributed by atoms with Crippen LogP contribution in [0.1, 0.15) is 21.7 Å². The minimum atomic E-state index is -0.220. The highest BCUT2D eigenvalue weighted by Crippen LogP contribution is 2.20. The van der Waals surface area contributed by atoms with Crippen LogP contribution < -0.4 is 15.4 Å². The van der Waals surface area contributed by atoms with Gasteiger partial charge in [0.2, 0.25) is 0 Å². The summed E-state index contributed by atoms with van der Waals surface area (Å²) in [7, 11) is 0. The minimum absolute atomic E-state index is 0. The van der Waals surface area contributed by atoms with Crippen molar-refractivity contribution in [3.8, 4) is 5.75 Å². The Morgan fingerprint density at radius 3 is 3.17 bits per heavy atom. The van der Waals surface area contributed by atoms with Gasteiger partial charge in [-0.05, 0) is 12.1 Å². The molecule has 0 aliphatic carbocycles. The van der Waals surface area contributed by atoms with Crippen molar-refractivity contribution in [3.63, 3.8) is 0 Å². The zero-order chi connectivity index (χ0) is 15.4. The molecule has 1 aliphatic heterocycles. The SMILES string of the molecule is C=CCOc1cccc(NC(=O)c2n[nH]c3c2CNCC3)c1.Cl. The number of anilines is 1. The first-order chi connectivity index (χ1) is 10.8. The molecule has 0 fully saturated rings. The number of fused-ring (bicyclic) bond motifs is 1. The van der Waals surface area contributed by atoms with Crippen LogP contribution in [-0.2, 0) is 13.0 Å². The molecular formula is C16H19ClN4O2. The number of H-pyrrole nitrogens is 1. The second kappa shape index (κ2) is 7.80. The number of nitrogens with zero attached hydrogens (tertiary/aromatic N) is 1. The van der Waals surface area contributed by atoms with Crippen molar-refractivity contribution < 1.29 is 9.53 Å². The lowest BCUT2D eigenvalue weighted by Gasteiger charge is -2.13. The van der Waals surface area contributed by atoms with Gasteiger partial charge in [-0.2, -0.15) is 5.10 Å². The highest BCUT2D eigenvalue weighted by atomic mass is 35.5. The Morgan fingerprint density at radius 2 is 2.35 bits per heavy atom. The number of aromatic nitrogens is 2. The largest absolute Gasteiger partial charge is 0.489 e. The van der Waals surface area contributed by atoms with Crippen LogP contribution in [0.2, 0.25) is 0 Å². The molecule has 0 saturated heterocycles. The Bertz CT molecular complexity index is 699. The van der Waals surface area contributed by atoms with E-state index >= 15 is 0 Å². The van der Waals surface area contributed by atoms with Gasteiger partial charge >= 0.3 is 0 Å². The summed E-state index contributed by atoms with van der Waals surface area (Å²) in [5.74, 6) is 0.463. The first-order valence-corrected chi connectivity index (χ1v) is 7.20. The fourth-order valence-corrected chi connectivity index (χ4v) is 2.42. The zero-order valence-corrected chi connectivity index (χ0v) is 13.4. The highest BCUT2D eigenvalue weighted by molar-refractivity contribution is 6.04. The van der Waals surface area contributed by atoms with Crippen LogP contribution in [-0.4, -0.2) is 29.3 Å². The molecule has 0 saturated carbocycles. The summed E-state index contributed by atoms with van der Waals surface area (Å²) >= 11 is 0. The highest BCUT2D eigenvalue weighted by Gasteiger charge is 2.21. The Balaban J connectivity index is 0.00000192. The maximum Gasteiger partial charge on any atom is 0.276 e. The third kappa shape index (κ3) is 3.91. The summed E-state index contributed by atoms with van der Waals surface area (Å²) in [6, 6.07) is 7.25. The van der Waals surface area contributed by atoms with E-state index in [1.165, 1.54) is 0 Å². The average molecular weight is 335 g/mol. The molecule has 1 aromatic carbocycles. The number of benzene rings is 1. The molecule has 122 valence electrons. The van der Waals surface area contributed by atoms with Gasteiger partial charge in [-0.3, -0.25) is 9.89 Å². The molecule has 7 heteroatoms. The monoisotopic (exact) mass is 334 g/mol. The van der Waals surface area contributed by atoms with Crippen LogP contribution in [0, 0.1) is 0 Å². The van der Waals surface area contributed by atoms with Gasteiger partial charge < -0.3 is 15.4 Å². The molecule has 2 heterocycles. The Labute approximate surface area is 140 Å². The Morgan fingerprint density at radius 1 is 1.48 bits per heavy atom. The van der Waals surface area contributed by atoms with E-state index in [2.05, 4.69) is 27.4 Å². The predicted octanol–water partition coefficient (Wildman–Crippen LogP) is 2.29. The molecule has 0 bridgehead atoms. The Kier molecular flexibility index (Phi) is 5.78. The molecule has 3 rings (SSSR count). The predicted molar refractivity (Wildman–Crippen MR) is 91.3 cm³/mol. The minimum Gasteiger partial charge on any atom is -0.489 e. The van der Waals surface area contributed by atoms with Crippen LogP contribution in [0.4, 0.5) is 5.69 Å². The maximum atomic E-state index is 12.4. The number of hydrogen-bond acceptors (Lipinski definition) is 4. The maximum absolute atomic E-state index is 12.4. The molecule has 2 aromatic rings. The summed E-state index contributed by atoms with van der Waals surface area (Å²) in [6.45, 7) is 5.60. The number of carbonyl (C=O) groups excluding carboxylic acids is 1. The Hall–Kier alpha value is -2.31. The normalized spacial score (nSPS) is 12.7. The quantitative estimate of drug-likeness (QED) is 0.733. The second-order valence-electron chi connectivity index (χ2n) is 5.04. The van der Waals surface area contributed by atoms with Crippen LogP contribution in [0.15, 0.2) is 36.9 Å². The number of aromatic amines is 1. The number of halogens is 1. The topological polar surface area (TPSA) is 79.0 Å². The number of hydrogen-bond donors (Lipinski definition) is 3. The van der Waals surface area contributed by atoms with Gasteiger partial charge in [-0.15, -0.1) is 12.4 Å². The molecule has 1 aromatic heterocycles. The van der Waals surface area contributed by atoms with Crippen LogP contribution in [0.25, 0.3) is 0 Å². The lowest BCUT2D eigenvalue weighted by Crippen LogP contribution is -2.25. The molecule has 3 N–H and O–H groups in total. The molecule has 6 nitrogen and oxygen atoms in total. The molecule has 0 spiro atoms. The van der Waals surface area contributed by atoms with E-state index in [4.69, 9.17) is 4.74 Å². The fourth-order valence-electron chi connectivity index (χ4n) is 2.42. The average Bonchev–Trinajstić information content (AvgIpc) is 2.97. The van der Waals surface area contributed by atoms with E-state index in [9.17, 15) is 4.79 Å². The standard InChI is InChI=1S/C16H18N4O2.ClH/c1-2-8-22-12-5-3-4-11(9-12)18-16(21)15-13-10-17-7-6-14(13)19-20-15;/h2-5,9,17H,1,6-8,10H2,(H,18,21)(H,19,20);1H. The molecule has 1 aliphatic rings. The van der Waals surface area contributed by atoms with Gasteiger partial charge in [0.25, 0.3) is 5.91 Å². The smallest absolute Gasteiger partial charge is 0.276 e. The summed E-state index contributed by atoms with van der Waals surface area (Å²) in [4.78, 5) is 12.4. The first-order valence-electron chi connectivity index (χ1n) is 7.20. The van der Waals surface area contributed by atoms with Gasteiger partial charge in [0.05, 0.1) is 0 Å². The lowest BCUT2D eigenvalue weighted by atomic mass is 10.1. The van der Waals surface area contributed by atoms with Gasteiger partial charge in [0.15, 0.2) is 5.69 Å². The van der Waals surface area contributed by atoms with Crippen molar-refractivity contribution >= 4 is 24.0 Å². The lowest BCUT2D eigenvalue weighted by molar-refractivity contribution is 0.102. The molecule has 1 amide bonds. The van der Waals surface area contributed by atoms with E-state index < -0.39 is 0 Å². The second-order valence-corrected chi connectivity index (χ2v) is 5.04. The van der Waals surface area contributed by atoms with Crippen LogP contribution in [0.5, 0.6) is 5.75 Å². The number of carbonyl (C=O) groups is 1. The van der Waals surface area contributed by atoms with E-state index in [1.54, 1.807) is 12.1 Å². The zero-order valence-electron chi connectivity index (χ0n) is 12.6. The number of ether oxygens (including phenoxy) is 1. The van der Waals surface area contributed by atoms with Crippen LogP contribution in [0.3, 0.4) is 0 Å². The third-order valence-electron chi connectivity index (χ3n) is 3.48. The van der Waals surface area contributed by atoms with Crippen molar-refractivity contribution in [2.45, 2.75) is 13.0 Å². The van der Waals surface area contributed by atoms with E-state index in [0.717, 1.165) is 24.2 Å². The van der Waals surface area contributed by atoms with Gasteiger partial charge in [-0.25, -0.2) is 0 Å². The van der Waals surface area contributed by atoms with E-state index in [1.807, 2.05) is 18.2 Å². The van der Waals surface area contributed by atoms with Gasteiger partial charge in [0.1, 0.15) is 12.4 Å². The summed E-state index contributed by atoms with van der Waals surface area (Å²) in [5, 5.41) is 13.2. The summed E-state index contributed by atoms with van der Waals surface area (Å²) in [5.41, 5.74) is 3.10. The molecule has 0 radical (unpaired) electrons. The summed E-state index contributed by atoms with van der Waals surface area (Å²) < 4.78 is 5.46. The van der Waals surface area contributed by atoms with Gasteiger partial charge in [0, 0.05) is 42.5 Å². The molecular weight excluding hydrogens is 316 g/mol. The molecule has 0 atom stereocenters. The van der Waals surface area contributed by atoms with Crippen molar-refractivity contribution in [2.24, 2.45) is 0 Å². The van der Waals surface area contributed by atoms with E-state index in [-0.39, 0.29) is 18.3 Å². The number of nitrogens with one attached hydrogen (secondary N) is 3. The van der Waals surface area contributed by atoms with Crippen molar-refractivity contribution in [3.05, 3.63) is 53.9 Å². The van der Waals surface area contributed by atoms with Crippen LogP contribution >= 0.6 is 12.4 Å².